The largest absolute Gasteiger partial charge is 0.258 e. The summed E-state index contributed by atoms with van der Waals surface area (Å²) in [6.07, 6.45) is 0. The Kier molecular flexibility index (Phi) is 4.03. The molecule has 0 fully saturated rings. The van der Waals surface area contributed by atoms with Crippen LogP contribution in [0.15, 0.2) is 65.4 Å². The van der Waals surface area contributed by atoms with E-state index in [9.17, 15) is 0 Å². The minimum atomic E-state index is -1.09. The lowest BCUT2D eigenvalue weighted by molar-refractivity contribution is 1.74. The highest BCUT2D eigenvalue weighted by Crippen LogP contribution is 2.23. The summed E-state index contributed by atoms with van der Waals surface area (Å²) in [7, 11) is -1.09. The van der Waals surface area contributed by atoms with Gasteiger partial charge >= 0.3 is 0 Å². The van der Waals surface area contributed by atoms with Crippen LogP contribution in [0.25, 0.3) is 0 Å². The lowest BCUT2D eigenvalue weighted by Crippen LogP contribution is -2.05. The molecule has 1 nitrogen and oxygen atoms in total. The second kappa shape index (κ2) is 5.74. The van der Waals surface area contributed by atoms with E-state index in [4.69, 9.17) is 12.2 Å². The monoisotopic (exact) mass is 245 g/mol. The van der Waals surface area contributed by atoms with E-state index >= 15 is 0 Å². The number of nitrogens with zero attached hydrogens (tertiary/aromatic N) is 1. The maximum atomic E-state index is 4.86. The van der Waals surface area contributed by atoms with Crippen molar-refractivity contribution < 1.29 is 0 Å². The van der Waals surface area contributed by atoms with Crippen LogP contribution in [0.5, 0.6) is 0 Å². The molecule has 0 spiro atoms. The fraction of sp³-hybridized carbons (Fsp3) is 0. The van der Waals surface area contributed by atoms with Gasteiger partial charge < -0.3 is 0 Å². The fourth-order valence-electron chi connectivity index (χ4n) is 1.56. The van der Waals surface area contributed by atoms with Gasteiger partial charge in [0.05, 0.1) is 5.49 Å². The molecule has 2 aromatic carbocycles. The number of thiocarbonyl (C=S) groups is 1. The fourth-order valence-corrected chi connectivity index (χ4v) is 3.63. The molecule has 0 unspecified atom stereocenters. The first-order chi connectivity index (χ1) is 7.92. The van der Waals surface area contributed by atoms with Crippen LogP contribution in [-0.2, 0) is 0 Å². The SMILES string of the molecule is S=CN=[PH](c1ccccc1)c1ccccc1. The van der Waals surface area contributed by atoms with Crippen molar-refractivity contribution in [3.8, 4) is 0 Å². The second-order valence-electron chi connectivity index (χ2n) is 3.32. The molecular formula is C13H12NPS. The van der Waals surface area contributed by atoms with Crippen molar-refractivity contribution in [2.45, 2.75) is 0 Å². The van der Waals surface area contributed by atoms with Crippen LogP contribution in [0, 0.1) is 0 Å². The predicted molar refractivity (Wildman–Crippen MR) is 76.6 cm³/mol. The van der Waals surface area contributed by atoms with Crippen molar-refractivity contribution in [2.24, 2.45) is 4.74 Å². The minimum Gasteiger partial charge on any atom is -0.258 e. The van der Waals surface area contributed by atoms with E-state index in [2.05, 4.69) is 29.0 Å². The average molecular weight is 245 g/mol. The van der Waals surface area contributed by atoms with Gasteiger partial charge in [0.25, 0.3) is 0 Å². The van der Waals surface area contributed by atoms with Crippen molar-refractivity contribution >= 4 is 36.0 Å². The van der Waals surface area contributed by atoms with Crippen molar-refractivity contribution in [3.63, 3.8) is 0 Å². The summed E-state index contributed by atoms with van der Waals surface area (Å²) in [4.78, 5) is 0. The van der Waals surface area contributed by atoms with Crippen LogP contribution in [0.2, 0.25) is 0 Å². The van der Waals surface area contributed by atoms with E-state index in [1.165, 1.54) is 16.1 Å². The quantitative estimate of drug-likeness (QED) is 0.598. The zero-order valence-corrected chi connectivity index (χ0v) is 10.5. The molecule has 80 valence electrons. The van der Waals surface area contributed by atoms with Gasteiger partial charge in [0, 0.05) is 7.71 Å². The van der Waals surface area contributed by atoms with Crippen molar-refractivity contribution in [3.05, 3.63) is 60.7 Å². The highest BCUT2D eigenvalue weighted by molar-refractivity contribution is 7.79. The normalized spacial score (nSPS) is 10.1. The Morgan fingerprint density at radius 2 is 1.25 bits per heavy atom. The summed E-state index contributed by atoms with van der Waals surface area (Å²) < 4.78 is 4.46. The highest BCUT2D eigenvalue weighted by Gasteiger charge is 2.02. The second-order valence-corrected chi connectivity index (χ2v) is 5.64. The number of rotatable bonds is 3. The molecule has 0 amide bonds. The first-order valence-electron chi connectivity index (χ1n) is 5.04. The van der Waals surface area contributed by atoms with Gasteiger partial charge in [-0.2, -0.15) is 0 Å². The summed E-state index contributed by atoms with van der Waals surface area (Å²) in [5.74, 6) is 0. The molecule has 0 heterocycles. The molecule has 0 atom stereocenters. The molecule has 3 heteroatoms. The molecule has 0 aromatic heterocycles. The average Bonchev–Trinajstić information content (AvgIpc) is 2.38. The van der Waals surface area contributed by atoms with Crippen LogP contribution in [0.4, 0.5) is 0 Å². The van der Waals surface area contributed by atoms with Gasteiger partial charge in [0.1, 0.15) is 0 Å². The number of benzene rings is 2. The summed E-state index contributed by atoms with van der Waals surface area (Å²) >= 11 is 4.86. The standard InChI is InChI=1S/C13H12NPS/c16-11-14-15(12-7-3-1-4-8-12)13-9-5-2-6-10-13/h1-11,15H. The molecule has 0 saturated carbocycles. The summed E-state index contributed by atoms with van der Waals surface area (Å²) in [5.41, 5.74) is 1.49. The third-order valence-corrected chi connectivity index (χ3v) is 4.72. The van der Waals surface area contributed by atoms with Crippen LogP contribution in [0.1, 0.15) is 0 Å². The van der Waals surface area contributed by atoms with E-state index in [0.717, 1.165) is 0 Å². The molecule has 16 heavy (non-hydrogen) atoms. The molecule has 2 rings (SSSR count). The molecule has 0 N–H and O–H groups in total. The maximum Gasteiger partial charge on any atom is 0.0886 e. The Bertz CT molecular complexity index is 452. The van der Waals surface area contributed by atoms with E-state index < -0.39 is 7.71 Å². The number of hydrogen-bond acceptors (Lipinski definition) is 1. The Hall–Kier alpha value is -1.24. The Morgan fingerprint density at radius 3 is 1.62 bits per heavy atom. The molecule has 0 saturated heterocycles. The van der Waals surface area contributed by atoms with Gasteiger partial charge in [-0.05, 0) is 10.6 Å². The van der Waals surface area contributed by atoms with E-state index in [0.29, 0.717) is 0 Å². The molecule has 0 aliphatic rings. The lowest BCUT2D eigenvalue weighted by atomic mass is 10.4. The summed E-state index contributed by atoms with van der Waals surface area (Å²) in [5, 5.41) is 2.53. The Labute approximate surface area is 102 Å². The van der Waals surface area contributed by atoms with Crippen LogP contribution < -0.4 is 10.6 Å². The summed E-state index contributed by atoms with van der Waals surface area (Å²) in [6.45, 7) is 0. The zero-order chi connectivity index (χ0) is 11.2. The van der Waals surface area contributed by atoms with Gasteiger partial charge in [-0.1, -0.05) is 72.9 Å². The molecule has 0 bridgehead atoms. The third-order valence-electron chi connectivity index (χ3n) is 2.28. The van der Waals surface area contributed by atoms with Crippen LogP contribution in [0.3, 0.4) is 0 Å². The number of hydrogen-bond donors (Lipinski definition) is 0. The minimum absolute atomic E-state index is 1.09. The molecule has 0 aliphatic heterocycles. The lowest BCUT2D eigenvalue weighted by Gasteiger charge is -2.06. The van der Waals surface area contributed by atoms with Gasteiger partial charge in [0.2, 0.25) is 0 Å². The molecule has 2 aromatic rings. The molecular weight excluding hydrogens is 233 g/mol. The van der Waals surface area contributed by atoms with Gasteiger partial charge in [-0.3, -0.25) is 4.74 Å². The van der Waals surface area contributed by atoms with Gasteiger partial charge in [0.15, 0.2) is 0 Å². The van der Waals surface area contributed by atoms with Crippen LogP contribution >= 0.6 is 19.9 Å². The topological polar surface area (TPSA) is 12.4 Å². The Balaban J connectivity index is 2.48. The predicted octanol–water partition coefficient (Wildman–Crippen LogP) is 2.99. The smallest absolute Gasteiger partial charge is 0.0886 e. The maximum absolute atomic E-state index is 4.86. The van der Waals surface area contributed by atoms with Gasteiger partial charge in [-0.15, -0.1) is 0 Å². The van der Waals surface area contributed by atoms with Crippen molar-refractivity contribution in [1.29, 1.82) is 0 Å². The van der Waals surface area contributed by atoms with E-state index in [1.54, 1.807) is 0 Å². The van der Waals surface area contributed by atoms with E-state index in [-0.39, 0.29) is 0 Å². The zero-order valence-electron chi connectivity index (χ0n) is 8.71. The molecule has 0 aliphatic carbocycles. The third kappa shape index (κ3) is 2.66. The van der Waals surface area contributed by atoms with Crippen molar-refractivity contribution in [1.82, 2.24) is 0 Å². The highest BCUT2D eigenvalue weighted by atomic mass is 32.1. The molecule has 0 radical (unpaired) electrons. The van der Waals surface area contributed by atoms with Crippen molar-refractivity contribution in [2.75, 3.05) is 0 Å². The summed E-state index contributed by atoms with van der Waals surface area (Å²) in [6, 6.07) is 20.7. The van der Waals surface area contributed by atoms with Crippen LogP contribution in [-0.4, -0.2) is 5.49 Å². The first-order valence-corrected chi connectivity index (χ1v) is 6.96. The first kappa shape index (κ1) is 11.3. The van der Waals surface area contributed by atoms with Gasteiger partial charge in [-0.25, -0.2) is 0 Å². The van der Waals surface area contributed by atoms with E-state index in [1.807, 2.05) is 36.4 Å². The Morgan fingerprint density at radius 1 is 0.812 bits per heavy atom.